The van der Waals surface area contributed by atoms with Crippen molar-refractivity contribution in [2.75, 3.05) is 6.61 Å². The van der Waals surface area contributed by atoms with Gasteiger partial charge in [0.25, 0.3) is 11.5 Å². The predicted molar refractivity (Wildman–Crippen MR) is 146 cm³/mol. The van der Waals surface area contributed by atoms with E-state index in [4.69, 9.17) is 4.74 Å². The summed E-state index contributed by atoms with van der Waals surface area (Å²) < 4.78 is 6.18. The number of pyridine rings is 1. The molecule has 2 aromatic heterocycles. The van der Waals surface area contributed by atoms with E-state index >= 15 is 0 Å². The fourth-order valence-corrected chi connectivity index (χ4v) is 4.40. The van der Waals surface area contributed by atoms with Gasteiger partial charge in [-0.15, -0.1) is 11.3 Å². The van der Waals surface area contributed by atoms with Crippen LogP contribution in [0.1, 0.15) is 73.8 Å². The van der Waals surface area contributed by atoms with Crippen molar-refractivity contribution in [3.05, 3.63) is 62.5 Å². The van der Waals surface area contributed by atoms with Crippen molar-refractivity contribution in [3.63, 3.8) is 0 Å². The molecule has 0 fully saturated rings. The van der Waals surface area contributed by atoms with Gasteiger partial charge in [-0.2, -0.15) is 0 Å². The number of allylic oxidation sites excluding steroid dienone is 1. The molecule has 10 heteroatoms. The molecule has 2 heterocycles. The fraction of sp³-hybridized carbons (Fsp3) is 0.500. The minimum Gasteiger partial charge on any atom is -0.463 e. The van der Waals surface area contributed by atoms with Crippen LogP contribution in [0.2, 0.25) is 0 Å². The lowest BCUT2D eigenvalue weighted by Crippen LogP contribution is -2.42. The first-order valence-corrected chi connectivity index (χ1v) is 13.8. The first kappa shape index (κ1) is 30.8. The number of ether oxygens (including phenoxy) is 1. The number of amides is 1. The summed E-state index contributed by atoms with van der Waals surface area (Å²) in [5.74, 6) is -0.842. The molecule has 0 aromatic carbocycles. The Bertz CT molecular complexity index is 1200. The molecular weight excluding hydrogens is 506 g/mol. The summed E-state index contributed by atoms with van der Waals surface area (Å²) in [6.45, 7) is 7.88. The SMILES string of the molecule is CCOC(=O)/C=C/CC[C@H](NC(=O)c1ncsc1C)C(=O)Cc1cccn(CC(=O)CCCC(C)C)c1=O. The van der Waals surface area contributed by atoms with Crippen LogP contribution in [0.4, 0.5) is 0 Å². The van der Waals surface area contributed by atoms with Crippen molar-refractivity contribution in [2.45, 2.75) is 78.8 Å². The molecule has 2 aromatic rings. The third kappa shape index (κ3) is 10.2. The van der Waals surface area contributed by atoms with Crippen molar-refractivity contribution in [1.82, 2.24) is 14.9 Å². The fourth-order valence-electron chi connectivity index (χ4n) is 3.83. The number of aromatic nitrogens is 2. The van der Waals surface area contributed by atoms with Gasteiger partial charge >= 0.3 is 5.97 Å². The quantitative estimate of drug-likeness (QED) is 0.252. The molecule has 1 atom stereocenters. The van der Waals surface area contributed by atoms with Gasteiger partial charge in [0, 0.05) is 35.6 Å². The van der Waals surface area contributed by atoms with Crippen LogP contribution in [-0.2, 0) is 32.1 Å². The van der Waals surface area contributed by atoms with E-state index in [1.54, 1.807) is 43.8 Å². The normalized spacial score (nSPS) is 12.0. The number of carbonyl (C=O) groups excluding carboxylic acids is 4. The maximum absolute atomic E-state index is 13.3. The molecule has 38 heavy (non-hydrogen) atoms. The molecule has 1 N–H and O–H groups in total. The van der Waals surface area contributed by atoms with Crippen molar-refractivity contribution >= 4 is 34.8 Å². The second-order valence-electron chi connectivity index (χ2n) is 9.45. The van der Waals surface area contributed by atoms with Crippen LogP contribution in [0, 0.1) is 12.8 Å². The second-order valence-corrected chi connectivity index (χ2v) is 10.5. The minimum absolute atomic E-state index is 0.0339. The molecule has 9 nitrogen and oxygen atoms in total. The number of hydrogen-bond acceptors (Lipinski definition) is 8. The molecule has 0 bridgehead atoms. The van der Waals surface area contributed by atoms with Crippen LogP contribution >= 0.6 is 11.3 Å². The molecular formula is C28H37N3O6S. The number of nitrogens with zero attached hydrogens (tertiary/aromatic N) is 2. The zero-order valence-corrected chi connectivity index (χ0v) is 23.3. The summed E-state index contributed by atoms with van der Waals surface area (Å²) in [6, 6.07) is 2.30. The lowest BCUT2D eigenvalue weighted by Gasteiger charge is -2.17. The molecule has 2 rings (SSSR count). The lowest BCUT2D eigenvalue weighted by molar-refractivity contribution is -0.137. The Kier molecular flexibility index (Phi) is 12.8. The second kappa shape index (κ2) is 15.8. The van der Waals surface area contributed by atoms with Crippen molar-refractivity contribution in [2.24, 2.45) is 5.92 Å². The number of nitrogens with one attached hydrogen (secondary N) is 1. The number of esters is 1. The summed E-state index contributed by atoms with van der Waals surface area (Å²) in [5, 5.41) is 2.73. The first-order chi connectivity index (χ1) is 18.1. The Hall–Kier alpha value is -3.40. The average molecular weight is 544 g/mol. The molecule has 0 aliphatic heterocycles. The van der Waals surface area contributed by atoms with Gasteiger partial charge < -0.3 is 14.6 Å². The van der Waals surface area contributed by atoms with E-state index in [0.29, 0.717) is 18.8 Å². The first-order valence-electron chi connectivity index (χ1n) is 12.9. The van der Waals surface area contributed by atoms with E-state index in [9.17, 15) is 24.0 Å². The highest BCUT2D eigenvalue weighted by molar-refractivity contribution is 7.09. The van der Waals surface area contributed by atoms with E-state index < -0.39 is 23.5 Å². The molecule has 0 aliphatic carbocycles. The standard InChI is InChI=1S/C28H37N3O6S/c1-5-37-25(34)14-7-6-13-23(30-27(35)26-20(4)38-18-29-26)24(33)16-21-11-9-15-31(28(21)36)17-22(32)12-8-10-19(2)3/h7,9,11,14-15,18-19,23H,5-6,8,10,12-13,16-17H2,1-4H3,(H,30,35)/b14-7+/t23-/m0/s1. The Morgan fingerprint density at radius 2 is 1.97 bits per heavy atom. The zero-order chi connectivity index (χ0) is 28.1. The lowest BCUT2D eigenvalue weighted by atomic mass is 10.00. The van der Waals surface area contributed by atoms with Crippen LogP contribution in [0.5, 0.6) is 0 Å². The van der Waals surface area contributed by atoms with Gasteiger partial charge in [-0.1, -0.05) is 32.4 Å². The summed E-state index contributed by atoms with van der Waals surface area (Å²) in [6.07, 6.45) is 6.87. The Morgan fingerprint density at radius 1 is 1.21 bits per heavy atom. The summed E-state index contributed by atoms with van der Waals surface area (Å²) >= 11 is 1.32. The van der Waals surface area contributed by atoms with Crippen LogP contribution in [0.3, 0.4) is 0 Å². The highest BCUT2D eigenvalue weighted by Crippen LogP contribution is 2.13. The predicted octanol–water partition coefficient (Wildman–Crippen LogP) is 3.82. The number of Topliss-reactive ketones (excluding diaryl/α,β-unsaturated/α-hetero) is 2. The van der Waals surface area contributed by atoms with Gasteiger partial charge in [-0.25, -0.2) is 9.78 Å². The number of ketones is 2. The smallest absolute Gasteiger partial charge is 0.330 e. The summed E-state index contributed by atoms with van der Waals surface area (Å²) in [4.78, 5) is 67.7. The third-order valence-corrected chi connectivity index (χ3v) is 6.62. The molecule has 206 valence electrons. The van der Waals surface area contributed by atoms with Gasteiger partial charge in [-0.3, -0.25) is 19.2 Å². The van der Waals surface area contributed by atoms with Gasteiger partial charge in [0.2, 0.25) is 0 Å². The molecule has 0 unspecified atom stereocenters. The number of carbonyl (C=O) groups is 4. The van der Waals surface area contributed by atoms with Gasteiger partial charge in [0.05, 0.1) is 24.7 Å². The van der Waals surface area contributed by atoms with Crippen molar-refractivity contribution in [3.8, 4) is 0 Å². The molecule has 0 saturated carbocycles. The van der Waals surface area contributed by atoms with Gasteiger partial charge in [-0.05, 0) is 45.1 Å². The van der Waals surface area contributed by atoms with Gasteiger partial charge in [0.15, 0.2) is 11.6 Å². The Morgan fingerprint density at radius 3 is 2.63 bits per heavy atom. The molecule has 1 amide bonds. The molecule has 0 spiro atoms. The van der Waals surface area contributed by atoms with Gasteiger partial charge in [0.1, 0.15) is 5.69 Å². The highest BCUT2D eigenvalue weighted by Gasteiger charge is 2.24. The van der Waals surface area contributed by atoms with E-state index in [1.165, 1.54) is 22.0 Å². The minimum atomic E-state index is -0.902. The summed E-state index contributed by atoms with van der Waals surface area (Å²) in [7, 11) is 0. The van der Waals surface area contributed by atoms with E-state index in [-0.39, 0.29) is 48.8 Å². The van der Waals surface area contributed by atoms with Crippen LogP contribution in [0.15, 0.2) is 40.8 Å². The monoisotopic (exact) mass is 543 g/mol. The average Bonchev–Trinajstić information content (AvgIpc) is 3.29. The van der Waals surface area contributed by atoms with Crippen LogP contribution in [-0.4, -0.2) is 45.6 Å². The maximum atomic E-state index is 13.3. The summed E-state index contributed by atoms with van der Waals surface area (Å²) in [5.41, 5.74) is 1.65. The van der Waals surface area contributed by atoms with Crippen LogP contribution < -0.4 is 10.9 Å². The zero-order valence-electron chi connectivity index (χ0n) is 22.5. The molecule has 0 radical (unpaired) electrons. The van der Waals surface area contributed by atoms with Crippen molar-refractivity contribution < 1.29 is 23.9 Å². The van der Waals surface area contributed by atoms with E-state index in [1.807, 2.05) is 0 Å². The highest BCUT2D eigenvalue weighted by atomic mass is 32.1. The van der Waals surface area contributed by atoms with Crippen molar-refractivity contribution in [1.29, 1.82) is 0 Å². The topological polar surface area (TPSA) is 124 Å². The van der Waals surface area contributed by atoms with Crippen LogP contribution in [0.25, 0.3) is 0 Å². The third-order valence-electron chi connectivity index (χ3n) is 5.86. The molecule has 0 aliphatic rings. The number of thiazole rings is 1. The Balaban J connectivity index is 2.12. The molecule has 0 saturated heterocycles. The largest absolute Gasteiger partial charge is 0.463 e. The van der Waals surface area contributed by atoms with E-state index in [0.717, 1.165) is 17.7 Å². The van der Waals surface area contributed by atoms with E-state index in [2.05, 4.69) is 24.1 Å². The number of rotatable bonds is 16. The Labute approximate surface area is 227 Å². The number of hydrogen-bond donors (Lipinski definition) is 1. The maximum Gasteiger partial charge on any atom is 0.330 e. The number of aryl methyl sites for hydroxylation is 1.